The Morgan fingerprint density at radius 1 is 1.15 bits per heavy atom. The van der Waals surface area contributed by atoms with E-state index in [1.54, 1.807) is 32.2 Å². The molecule has 61 heavy (non-hydrogen) atoms. The molecule has 2 saturated carbocycles. The maximum Gasteiger partial charge on any atom is 0.408 e. The van der Waals surface area contributed by atoms with Crippen molar-refractivity contribution in [2.45, 2.75) is 133 Å². The summed E-state index contributed by atoms with van der Waals surface area (Å²) in [5.74, 6) is -6.70. The van der Waals surface area contributed by atoms with Crippen molar-refractivity contribution in [1.29, 1.82) is 0 Å². The number of halogens is 2. The lowest BCUT2D eigenvalue weighted by Crippen LogP contribution is -2.67. The average molecular weight is 873 g/mol. The first kappa shape index (κ1) is 44.3. The van der Waals surface area contributed by atoms with E-state index >= 15 is 13.6 Å². The number of carboxylic acid groups (broad SMARTS) is 1. The van der Waals surface area contributed by atoms with E-state index in [0.29, 0.717) is 68.2 Å². The number of fused-ring (bicyclic) bond motifs is 5. The highest BCUT2D eigenvalue weighted by Gasteiger charge is 2.63. The number of nitrogens with one attached hydrogen (secondary N) is 2. The van der Waals surface area contributed by atoms with Gasteiger partial charge in [-0.25, -0.2) is 27.0 Å². The third kappa shape index (κ3) is 8.08. The van der Waals surface area contributed by atoms with Gasteiger partial charge in [0.2, 0.25) is 27.7 Å². The molecule has 0 unspecified atom stereocenters. The van der Waals surface area contributed by atoms with Gasteiger partial charge in [0.15, 0.2) is 5.75 Å². The molecule has 7 rings (SSSR count). The van der Waals surface area contributed by atoms with Gasteiger partial charge in [0.05, 0.1) is 23.5 Å². The van der Waals surface area contributed by atoms with Crippen LogP contribution in [0.25, 0.3) is 10.8 Å². The minimum absolute atomic E-state index is 0.0928. The van der Waals surface area contributed by atoms with E-state index in [0.717, 1.165) is 24.9 Å². The Kier molecular flexibility index (Phi) is 11.5. The van der Waals surface area contributed by atoms with Crippen LogP contribution in [0.1, 0.15) is 92.9 Å². The second-order valence-electron chi connectivity index (χ2n) is 18.6. The largest absolute Gasteiger partial charge is 0.489 e. The number of carbonyl (C=O) groups is 4. The first-order chi connectivity index (χ1) is 28.5. The van der Waals surface area contributed by atoms with Crippen molar-refractivity contribution in [3.63, 3.8) is 0 Å². The van der Waals surface area contributed by atoms with Gasteiger partial charge in [0.25, 0.3) is 11.8 Å². The summed E-state index contributed by atoms with van der Waals surface area (Å²) in [5, 5.41) is 14.9. The monoisotopic (exact) mass is 872 g/mol. The number of aromatic nitrogens is 1. The van der Waals surface area contributed by atoms with Crippen molar-refractivity contribution in [2.75, 3.05) is 31.6 Å². The predicted octanol–water partition coefficient (Wildman–Crippen LogP) is 5.47. The lowest BCUT2D eigenvalue weighted by molar-refractivity contribution is -0.157. The molecule has 3 aliphatic heterocycles. The number of amides is 4. The topological polar surface area (TPSA) is 188 Å². The summed E-state index contributed by atoms with van der Waals surface area (Å²) in [4.78, 5) is 65.7. The lowest BCUT2D eigenvalue weighted by atomic mass is 9.81. The molecule has 334 valence electrons. The maximum atomic E-state index is 15.5. The molecule has 5 aliphatic rings. The van der Waals surface area contributed by atoms with Gasteiger partial charge < -0.3 is 29.7 Å². The summed E-state index contributed by atoms with van der Waals surface area (Å²) in [7, 11) is -2.14. The SMILES string of the molecule is CC[C@@H]1C[C@@H](C)CC/C=C\[C@@H]2C[C@@]2(C(=O)NS(=O)(=O)C2(C)CC2)NC(=O)[C@@H]2C[C@@H](Oc3nccc4c5c(ccc34)N(C)CCO5)CN2C(=O)[C@H]1N(C(=O)O)C(C)(C)C(C)(F)F. The van der Waals surface area contributed by atoms with Crippen LogP contribution in [-0.2, 0) is 24.4 Å². The summed E-state index contributed by atoms with van der Waals surface area (Å²) >= 11 is 0. The molecule has 1 aromatic carbocycles. The van der Waals surface area contributed by atoms with Crippen LogP contribution in [0, 0.1) is 17.8 Å². The molecule has 2 aliphatic carbocycles. The standard InChI is InChI=1S/C43H58F2N6O9S/c1-8-26-21-25(2)11-9-10-12-27-23-43(27,38(54)48-61(57,58)41(5)16-17-41)47-35(52)32-22-28(24-50(32)37(53)33(26)51(39(55)56)40(3,4)42(6,44)45)60-36-30-13-14-31-34(29(30)15-18-46-36)59-20-19-49(31)7/h10,12-15,18,25-28,32-33H,8-9,11,16-17,19-24H2,1-7H3,(H,47,52)(H,48,54)(H,55,56)/b12-10-/t25-,26+,27+,28+,32-,33-,43+/m0/s1. The minimum Gasteiger partial charge on any atom is -0.489 e. The van der Waals surface area contributed by atoms with Crippen molar-refractivity contribution in [3.8, 4) is 11.6 Å². The van der Waals surface area contributed by atoms with Gasteiger partial charge >= 0.3 is 6.09 Å². The number of anilines is 1. The van der Waals surface area contributed by atoms with Crippen molar-refractivity contribution >= 4 is 50.3 Å². The van der Waals surface area contributed by atoms with E-state index in [-0.39, 0.29) is 37.6 Å². The highest BCUT2D eigenvalue weighted by molar-refractivity contribution is 7.91. The molecule has 18 heteroatoms. The number of alkyl halides is 2. The van der Waals surface area contributed by atoms with Crippen LogP contribution in [-0.4, -0.2) is 119 Å². The number of rotatable bonds is 9. The summed E-state index contributed by atoms with van der Waals surface area (Å²) in [6.07, 6.45) is 4.99. The molecule has 1 aromatic heterocycles. The van der Waals surface area contributed by atoms with E-state index in [2.05, 4.69) is 19.9 Å². The van der Waals surface area contributed by atoms with Crippen LogP contribution < -0.4 is 24.4 Å². The van der Waals surface area contributed by atoms with E-state index in [4.69, 9.17) is 9.47 Å². The Bertz CT molecular complexity index is 2230. The second-order valence-corrected chi connectivity index (χ2v) is 20.8. The van der Waals surface area contributed by atoms with Gasteiger partial charge in [-0.2, -0.15) is 0 Å². The van der Waals surface area contributed by atoms with Crippen LogP contribution in [0.15, 0.2) is 36.5 Å². The molecule has 4 heterocycles. The molecule has 2 aromatic rings. The highest BCUT2D eigenvalue weighted by Crippen LogP contribution is 2.48. The van der Waals surface area contributed by atoms with Gasteiger partial charge in [-0.1, -0.05) is 32.4 Å². The first-order valence-corrected chi connectivity index (χ1v) is 22.7. The number of hydrogen-bond donors (Lipinski definition) is 3. The van der Waals surface area contributed by atoms with Crippen molar-refractivity contribution in [2.24, 2.45) is 17.8 Å². The number of nitrogens with zero attached hydrogens (tertiary/aromatic N) is 4. The molecule has 1 saturated heterocycles. The number of benzene rings is 1. The smallest absolute Gasteiger partial charge is 0.408 e. The van der Waals surface area contributed by atoms with Crippen LogP contribution in [0.3, 0.4) is 0 Å². The van der Waals surface area contributed by atoms with Crippen LogP contribution in [0.4, 0.5) is 19.3 Å². The lowest BCUT2D eigenvalue weighted by Gasteiger charge is -2.47. The third-order valence-electron chi connectivity index (χ3n) is 13.9. The fourth-order valence-electron chi connectivity index (χ4n) is 9.14. The van der Waals surface area contributed by atoms with Gasteiger partial charge in [-0.15, -0.1) is 0 Å². The van der Waals surface area contributed by atoms with Crippen LogP contribution in [0.5, 0.6) is 11.6 Å². The summed E-state index contributed by atoms with van der Waals surface area (Å²) in [6, 6.07) is 2.50. The molecular formula is C43H58F2N6O9S. The fraction of sp³-hybridized carbons (Fsp3) is 0.651. The van der Waals surface area contributed by atoms with E-state index < -0.39 is 85.6 Å². The number of ether oxygens (including phenoxy) is 2. The number of sulfonamides is 1. The van der Waals surface area contributed by atoms with Gasteiger partial charge in [0, 0.05) is 43.3 Å². The molecule has 3 fully saturated rings. The number of carbonyl (C=O) groups excluding carboxylic acids is 3. The quantitative estimate of drug-likeness (QED) is 0.271. The number of hydrogen-bond acceptors (Lipinski definition) is 10. The minimum atomic E-state index is -4.09. The Morgan fingerprint density at radius 2 is 1.87 bits per heavy atom. The normalized spacial score (nSPS) is 29.7. The zero-order valence-electron chi connectivity index (χ0n) is 35.9. The van der Waals surface area contributed by atoms with E-state index in [9.17, 15) is 27.9 Å². The Balaban J connectivity index is 1.30. The maximum absolute atomic E-state index is 15.5. The number of allylic oxidation sites excluding steroid dienone is 1. The van der Waals surface area contributed by atoms with Crippen LogP contribution in [0.2, 0.25) is 0 Å². The van der Waals surface area contributed by atoms with Crippen molar-refractivity contribution in [3.05, 3.63) is 36.5 Å². The van der Waals surface area contributed by atoms with Gasteiger partial charge in [-0.3, -0.25) is 24.0 Å². The van der Waals surface area contributed by atoms with Gasteiger partial charge in [0.1, 0.15) is 35.9 Å². The Hall–Kier alpha value is -4.74. The second kappa shape index (κ2) is 15.9. The van der Waals surface area contributed by atoms with Gasteiger partial charge in [-0.05, 0) is 89.3 Å². The zero-order valence-corrected chi connectivity index (χ0v) is 36.7. The molecule has 0 radical (unpaired) electrons. The van der Waals surface area contributed by atoms with Crippen molar-refractivity contribution in [1.82, 2.24) is 24.8 Å². The number of pyridine rings is 1. The highest BCUT2D eigenvalue weighted by atomic mass is 32.2. The molecule has 4 amide bonds. The molecule has 0 bridgehead atoms. The molecule has 7 atom stereocenters. The third-order valence-corrected chi connectivity index (χ3v) is 16.1. The Morgan fingerprint density at radius 3 is 2.52 bits per heavy atom. The Labute approximate surface area is 355 Å². The van der Waals surface area contributed by atoms with E-state index in [1.807, 2.05) is 32.2 Å². The molecule has 15 nitrogen and oxygen atoms in total. The molecule has 3 N–H and O–H groups in total. The fourth-order valence-corrected chi connectivity index (χ4v) is 10.5. The summed E-state index contributed by atoms with van der Waals surface area (Å²) in [5.41, 5.74) is -3.16. The van der Waals surface area contributed by atoms with E-state index in [1.165, 1.54) is 4.90 Å². The van der Waals surface area contributed by atoms with Crippen LogP contribution >= 0.6 is 0 Å². The van der Waals surface area contributed by atoms with Crippen molar-refractivity contribution < 1.29 is 51.0 Å². The predicted molar refractivity (Wildman–Crippen MR) is 223 cm³/mol. The first-order valence-electron chi connectivity index (χ1n) is 21.2. The molecule has 0 spiro atoms. The number of likely N-dealkylation sites (N-methyl/N-ethyl adjacent to an activating group) is 1. The summed E-state index contributed by atoms with van der Waals surface area (Å²) in [6.45, 7) is 8.97. The summed E-state index contributed by atoms with van der Waals surface area (Å²) < 4.78 is 71.3. The zero-order chi connectivity index (χ0) is 44.4. The molecular weight excluding hydrogens is 815 g/mol. The average Bonchev–Trinajstić information content (AvgIpc) is 4.07.